The van der Waals surface area contributed by atoms with Crippen molar-refractivity contribution in [2.24, 2.45) is 11.8 Å². The summed E-state index contributed by atoms with van der Waals surface area (Å²) in [6.45, 7) is 8.15. The second-order valence-electron chi connectivity index (χ2n) is 6.01. The van der Waals surface area contributed by atoms with Gasteiger partial charge in [0.1, 0.15) is 0 Å². The van der Waals surface area contributed by atoms with Gasteiger partial charge in [-0.15, -0.1) is 0 Å². The van der Waals surface area contributed by atoms with Gasteiger partial charge in [0.05, 0.1) is 0 Å². The van der Waals surface area contributed by atoms with Crippen LogP contribution < -0.4 is 5.32 Å². The molecule has 1 fully saturated rings. The topological polar surface area (TPSA) is 12.0 Å². The SMILES string of the molecule is CCc1ccc(CC(C)C(C)CNC2CC2)cc1. The van der Waals surface area contributed by atoms with E-state index in [9.17, 15) is 0 Å². The fourth-order valence-corrected chi connectivity index (χ4v) is 2.33. The van der Waals surface area contributed by atoms with Gasteiger partial charge in [0.25, 0.3) is 0 Å². The molecule has 1 aromatic carbocycles. The van der Waals surface area contributed by atoms with Crippen LogP contribution in [0.5, 0.6) is 0 Å². The Labute approximate surface area is 112 Å². The number of aryl methyl sites for hydroxylation is 1. The van der Waals surface area contributed by atoms with Crippen molar-refractivity contribution in [3.8, 4) is 0 Å². The van der Waals surface area contributed by atoms with Crippen LogP contribution in [-0.2, 0) is 12.8 Å². The Hall–Kier alpha value is -0.820. The molecule has 1 nitrogen and oxygen atoms in total. The predicted molar refractivity (Wildman–Crippen MR) is 78.9 cm³/mol. The molecule has 1 aromatic rings. The highest BCUT2D eigenvalue weighted by Gasteiger charge is 2.22. The predicted octanol–water partition coefficient (Wildman–Crippen LogP) is 3.82. The summed E-state index contributed by atoms with van der Waals surface area (Å²) < 4.78 is 0. The van der Waals surface area contributed by atoms with Gasteiger partial charge in [0, 0.05) is 6.04 Å². The molecule has 1 aliphatic rings. The van der Waals surface area contributed by atoms with Gasteiger partial charge in [0.2, 0.25) is 0 Å². The highest BCUT2D eigenvalue weighted by atomic mass is 14.9. The molecule has 0 amide bonds. The minimum atomic E-state index is 0.753. The minimum Gasteiger partial charge on any atom is -0.314 e. The van der Waals surface area contributed by atoms with Crippen molar-refractivity contribution >= 4 is 0 Å². The van der Waals surface area contributed by atoms with Gasteiger partial charge in [-0.3, -0.25) is 0 Å². The molecule has 2 unspecified atom stereocenters. The smallest absolute Gasteiger partial charge is 0.00683 e. The molecule has 0 aliphatic heterocycles. The van der Waals surface area contributed by atoms with E-state index >= 15 is 0 Å². The van der Waals surface area contributed by atoms with Gasteiger partial charge >= 0.3 is 0 Å². The minimum absolute atomic E-state index is 0.753. The Bertz CT molecular complexity index is 350. The molecular formula is C17H27N. The van der Waals surface area contributed by atoms with E-state index in [0.717, 1.165) is 24.3 Å². The third-order valence-corrected chi connectivity index (χ3v) is 4.27. The number of hydrogen-bond acceptors (Lipinski definition) is 1. The monoisotopic (exact) mass is 245 g/mol. The normalized spacial score (nSPS) is 18.6. The first-order valence-corrected chi connectivity index (χ1v) is 7.50. The van der Waals surface area contributed by atoms with Crippen molar-refractivity contribution in [1.82, 2.24) is 5.32 Å². The Morgan fingerprint density at radius 2 is 1.67 bits per heavy atom. The summed E-state index contributed by atoms with van der Waals surface area (Å²) in [6, 6.07) is 9.99. The molecule has 100 valence electrons. The molecule has 2 rings (SSSR count). The molecule has 0 heterocycles. The summed E-state index contributed by atoms with van der Waals surface area (Å²) in [6.07, 6.45) is 5.12. The maximum Gasteiger partial charge on any atom is 0.00683 e. The third kappa shape index (κ3) is 4.13. The van der Waals surface area contributed by atoms with E-state index in [4.69, 9.17) is 0 Å². The van der Waals surface area contributed by atoms with E-state index in [-0.39, 0.29) is 0 Å². The number of rotatable bonds is 7. The first kappa shape index (κ1) is 13.6. The first-order valence-electron chi connectivity index (χ1n) is 7.50. The van der Waals surface area contributed by atoms with Gasteiger partial charge < -0.3 is 5.32 Å². The number of benzene rings is 1. The van der Waals surface area contributed by atoms with Crippen molar-refractivity contribution in [3.05, 3.63) is 35.4 Å². The van der Waals surface area contributed by atoms with E-state index in [1.54, 1.807) is 0 Å². The van der Waals surface area contributed by atoms with Crippen LogP contribution >= 0.6 is 0 Å². The molecule has 0 radical (unpaired) electrons. The highest BCUT2D eigenvalue weighted by Crippen LogP contribution is 2.21. The standard InChI is InChI=1S/C17H27N/c1-4-15-5-7-16(8-6-15)11-13(2)14(3)12-18-17-9-10-17/h5-8,13-14,17-18H,4,9-12H2,1-3H3. The van der Waals surface area contributed by atoms with Gasteiger partial charge in [0.15, 0.2) is 0 Å². The van der Waals surface area contributed by atoms with Crippen molar-refractivity contribution in [1.29, 1.82) is 0 Å². The lowest BCUT2D eigenvalue weighted by Gasteiger charge is -2.20. The second-order valence-corrected chi connectivity index (χ2v) is 6.01. The van der Waals surface area contributed by atoms with Crippen molar-refractivity contribution in [2.75, 3.05) is 6.54 Å². The summed E-state index contributed by atoms with van der Waals surface area (Å²) in [4.78, 5) is 0. The molecule has 1 aliphatic carbocycles. The van der Waals surface area contributed by atoms with Crippen LogP contribution in [0.3, 0.4) is 0 Å². The molecule has 1 saturated carbocycles. The molecule has 0 aromatic heterocycles. The molecule has 1 N–H and O–H groups in total. The fraction of sp³-hybridized carbons (Fsp3) is 0.647. The summed E-state index contributed by atoms with van der Waals surface area (Å²) in [7, 11) is 0. The maximum atomic E-state index is 3.64. The fourth-order valence-electron chi connectivity index (χ4n) is 2.33. The van der Waals surface area contributed by atoms with Crippen LogP contribution in [0.1, 0.15) is 44.7 Å². The van der Waals surface area contributed by atoms with Crippen LogP contribution in [0.25, 0.3) is 0 Å². The highest BCUT2D eigenvalue weighted by molar-refractivity contribution is 5.22. The lowest BCUT2D eigenvalue weighted by Crippen LogP contribution is -2.27. The van der Waals surface area contributed by atoms with Crippen LogP contribution in [-0.4, -0.2) is 12.6 Å². The van der Waals surface area contributed by atoms with E-state index in [1.807, 2.05) is 0 Å². The summed E-state index contributed by atoms with van der Waals surface area (Å²) in [5.74, 6) is 1.51. The lowest BCUT2D eigenvalue weighted by atomic mass is 9.89. The average Bonchev–Trinajstić information content (AvgIpc) is 3.21. The molecule has 2 atom stereocenters. The first-order chi connectivity index (χ1) is 8.69. The zero-order valence-electron chi connectivity index (χ0n) is 12.1. The van der Waals surface area contributed by atoms with Gasteiger partial charge in [-0.05, 0) is 55.2 Å². The number of nitrogens with one attached hydrogen (secondary N) is 1. The molecule has 1 heteroatoms. The van der Waals surface area contributed by atoms with Gasteiger partial charge in [-0.25, -0.2) is 0 Å². The van der Waals surface area contributed by atoms with E-state index < -0.39 is 0 Å². The van der Waals surface area contributed by atoms with Crippen LogP contribution in [0.2, 0.25) is 0 Å². The summed E-state index contributed by atoms with van der Waals surface area (Å²) in [5, 5.41) is 3.64. The van der Waals surface area contributed by atoms with E-state index in [0.29, 0.717) is 0 Å². The van der Waals surface area contributed by atoms with Crippen LogP contribution in [0.15, 0.2) is 24.3 Å². The molecule has 0 spiro atoms. The quantitative estimate of drug-likeness (QED) is 0.770. The summed E-state index contributed by atoms with van der Waals surface area (Å²) >= 11 is 0. The Kier molecular flexibility index (Phi) is 4.82. The lowest BCUT2D eigenvalue weighted by molar-refractivity contribution is 0.364. The Morgan fingerprint density at radius 1 is 1.06 bits per heavy atom. The van der Waals surface area contributed by atoms with E-state index in [2.05, 4.69) is 50.4 Å². The maximum absolute atomic E-state index is 3.64. The van der Waals surface area contributed by atoms with Crippen LogP contribution in [0.4, 0.5) is 0 Å². The Morgan fingerprint density at radius 3 is 2.22 bits per heavy atom. The molecule has 0 saturated heterocycles. The van der Waals surface area contributed by atoms with Crippen molar-refractivity contribution in [3.63, 3.8) is 0 Å². The molecule has 0 bridgehead atoms. The average molecular weight is 245 g/mol. The van der Waals surface area contributed by atoms with Crippen molar-refractivity contribution < 1.29 is 0 Å². The zero-order valence-corrected chi connectivity index (χ0v) is 12.1. The molecule has 18 heavy (non-hydrogen) atoms. The van der Waals surface area contributed by atoms with Gasteiger partial charge in [-0.2, -0.15) is 0 Å². The largest absolute Gasteiger partial charge is 0.314 e. The molecular weight excluding hydrogens is 218 g/mol. The number of hydrogen-bond donors (Lipinski definition) is 1. The Balaban J connectivity index is 1.78. The van der Waals surface area contributed by atoms with Crippen molar-refractivity contribution in [2.45, 2.75) is 52.5 Å². The summed E-state index contributed by atoms with van der Waals surface area (Å²) in [5.41, 5.74) is 2.92. The van der Waals surface area contributed by atoms with Crippen LogP contribution in [0, 0.1) is 11.8 Å². The van der Waals surface area contributed by atoms with Gasteiger partial charge in [-0.1, -0.05) is 45.0 Å². The van der Waals surface area contributed by atoms with E-state index in [1.165, 1.54) is 36.9 Å². The zero-order chi connectivity index (χ0) is 13.0. The third-order valence-electron chi connectivity index (χ3n) is 4.27. The second kappa shape index (κ2) is 6.38.